The molecular weight excluding hydrogens is 306 g/mol. The van der Waals surface area contributed by atoms with Gasteiger partial charge in [0.25, 0.3) is 5.69 Å². The molecule has 0 amide bonds. The fraction of sp³-hybridized carbons (Fsp3) is 0.182. The summed E-state index contributed by atoms with van der Waals surface area (Å²) >= 11 is 4.24. The Morgan fingerprint density at radius 2 is 2.29 bits per heavy atom. The van der Waals surface area contributed by atoms with Crippen LogP contribution in [0.2, 0.25) is 0 Å². The Morgan fingerprint density at radius 3 is 2.88 bits per heavy atom. The molecule has 0 bridgehead atoms. The molecule has 0 aliphatic carbocycles. The minimum Gasteiger partial charge on any atom is -0.288 e. The summed E-state index contributed by atoms with van der Waals surface area (Å²) in [5.41, 5.74) is 0.307. The zero-order chi connectivity index (χ0) is 12.8. The Hall–Kier alpha value is -1.32. The Balaban J connectivity index is 2.90. The summed E-state index contributed by atoms with van der Waals surface area (Å²) in [4.78, 5) is 20.9. The van der Waals surface area contributed by atoms with E-state index in [1.807, 2.05) is 0 Å². The van der Waals surface area contributed by atoms with Crippen molar-refractivity contribution in [3.8, 4) is 11.8 Å². The van der Waals surface area contributed by atoms with Gasteiger partial charge in [-0.05, 0) is 12.1 Å². The number of thioether (sulfide) groups is 1. The van der Waals surface area contributed by atoms with Gasteiger partial charge in [-0.25, -0.2) is 0 Å². The molecule has 0 aromatic heterocycles. The molecule has 0 fully saturated rings. The summed E-state index contributed by atoms with van der Waals surface area (Å²) in [6.07, 6.45) is 0. The van der Waals surface area contributed by atoms with E-state index in [9.17, 15) is 14.9 Å². The lowest BCUT2D eigenvalue weighted by Gasteiger charge is -1.96. The number of benzene rings is 1. The molecule has 1 aromatic carbocycles. The SMILES string of the molecule is CC(=O)SCC#Cc1ccc(Br)cc1[N+](=O)[O-]. The van der Waals surface area contributed by atoms with Crippen molar-refractivity contribution in [2.24, 2.45) is 0 Å². The second kappa shape index (κ2) is 6.42. The molecule has 88 valence electrons. The maximum Gasteiger partial charge on any atom is 0.286 e. The number of carbonyl (C=O) groups is 1. The van der Waals surface area contributed by atoms with Crippen LogP contribution in [0.5, 0.6) is 0 Å². The third-order valence-corrected chi connectivity index (χ3v) is 2.92. The van der Waals surface area contributed by atoms with Crippen molar-refractivity contribution in [1.29, 1.82) is 0 Å². The number of hydrogen-bond donors (Lipinski definition) is 0. The molecule has 0 saturated heterocycles. The summed E-state index contributed by atoms with van der Waals surface area (Å²) < 4.78 is 0.632. The highest BCUT2D eigenvalue weighted by atomic mass is 79.9. The predicted molar refractivity (Wildman–Crippen MR) is 70.8 cm³/mol. The van der Waals surface area contributed by atoms with Crippen molar-refractivity contribution in [2.45, 2.75) is 6.92 Å². The predicted octanol–water partition coefficient (Wildman–Crippen LogP) is 2.99. The summed E-state index contributed by atoms with van der Waals surface area (Å²) in [6.45, 7) is 1.45. The van der Waals surface area contributed by atoms with Crippen LogP contribution in [0.3, 0.4) is 0 Å². The van der Waals surface area contributed by atoms with Gasteiger partial charge in [0, 0.05) is 17.5 Å². The van der Waals surface area contributed by atoms with E-state index < -0.39 is 4.92 Å². The fourth-order valence-electron chi connectivity index (χ4n) is 1.03. The highest BCUT2D eigenvalue weighted by Gasteiger charge is 2.11. The van der Waals surface area contributed by atoms with Crippen LogP contribution in [0.25, 0.3) is 0 Å². The first-order valence-electron chi connectivity index (χ1n) is 4.57. The van der Waals surface area contributed by atoms with Gasteiger partial charge in [0.05, 0.1) is 10.7 Å². The molecule has 0 atom stereocenters. The van der Waals surface area contributed by atoms with E-state index in [1.54, 1.807) is 12.1 Å². The van der Waals surface area contributed by atoms with Crippen LogP contribution in [0.4, 0.5) is 5.69 Å². The van der Waals surface area contributed by atoms with Gasteiger partial charge in [-0.15, -0.1) is 0 Å². The van der Waals surface area contributed by atoms with Crippen LogP contribution in [0, 0.1) is 22.0 Å². The molecule has 0 heterocycles. The maximum absolute atomic E-state index is 10.8. The number of rotatable bonds is 2. The van der Waals surface area contributed by atoms with Gasteiger partial charge < -0.3 is 0 Å². The van der Waals surface area contributed by atoms with Crippen molar-refractivity contribution in [3.05, 3.63) is 38.3 Å². The summed E-state index contributed by atoms with van der Waals surface area (Å²) in [5, 5.41) is 10.7. The van der Waals surface area contributed by atoms with Crippen molar-refractivity contribution in [1.82, 2.24) is 0 Å². The topological polar surface area (TPSA) is 60.2 Å². The van der Waals surface area contributed by atoms with Crippen LogP contribution in [-0.4, -0.2) is 15.8 Å². The number of nitro groups is 1. The first kappa shape index (κ1) is 13.7. The van der Waals surface area contributed by atoms with Gasteiger partial charge in [0.2, 0.25) is 0 Å². The average molecular weight is 314 g/mol. The summed E-state index contributed by atoms with van der Waals surface area (Å²) in [7, 11) is 0. The molecule has 0 unspecified atom stereocenters. The van der Waals surface area contributed by atoms with Crippen molar-refractivity contribution in [3.63, 3.8) is 0 Å². The van der Waals surface area contributed by atoms with E-state index in [2.05, 4.69) is 27.8 Å². The molecule has 0 spiro atoms. The van der Waals surface area contributed by atoms with E-state index in [0.717, 1.165) is 11.8 Å². The molecule has 0 saturated carbocycles. The van der Waals surface area contributed by atoms with Crippen LogP contribution in [0.15, 0.2) is 22.7 Å². The van der Waals surface area contributed by atoms with Crippen molar-refractivity contribution >= 4 is 38.5 Å². The fourth-order valence-corrected chi connectivity index (χ4v) is 1.73. The van der Waals surface area contributed by atoms with Gasteiger partial charge in [-0.3, -0.25) is 14.9 Å². The standard InChI is InChI=1S/C11H8BrNO3S/c1-8(14)17-6-2-3-9-4-5-10(12)7-11(9)13(15)16/h4-5,7H,6H2,1H3. The molecule has 17 heavy (non-hydrogen) atoms. The van der Waals surface area contributed by atoms with Gasteiger partial charge in [-0.1, -0.05) is 39.5 Å². The van der Waals surface area contributed by atoms with E-state index in [4.69, 9.17) is 0 Å². The quantitative estimate of drug-likeness (QED) is 0.478. The Labute approximate surface area is 111 Å². The van der Waals surface area contributed by atoms with Crippen LogP contribution in [-0.2, 0) is 4.79 Å². The number of halogens is 1. The molecule has 0 N–H and O–H groups in total. The van der Waals surface area contributed by atoms with E-state index in [-0.39, 0.29) is 10.8 Å². The summed E-state index contributed by atoms with van der Waals surface area (Å²) in [5.74, 6) is 5.75. The number of nitro benzene ring substituents is 1. The van der Waals surface area contributed by atoms with Gasteiger partial charge in [-0.2, -0.15) is 0 Å². The minimum atomic E-state index is -0.479. The second-order valence-corrected chi connectivity index (χ2v) is 5.07. The molecule has 1 aromatic rings. The molecular formula is C11H8BrNO3S. The molecule has 1 rings (SSSR count). The van der Waals surface area contributed by atoms with E-state index in [0.29, 0.717) is 15.8 Å². The summed E-state index contributed by atoms with van der Waals surface area (Å²) in [6, 6.07) is 4.67. The van der Waals surface area contributed by atoms with Gasteiger partial charge in [0.15, 0.2) is 5.12 Å². The second-order valence-electron chi connectivity index (χ2n) is 3.00. The monoisotopic (exact) mass is 313 g/mol. The Morgan fingerprint density at radius 1 is 1.59 bits per heavy atom. The molecule has 0 aliphatic heterocycles. The third kappa shape index (κ3) is 4.59. The third-order valence-electron chi connectivity index (χ3n) is 1.73. The molecule has 0 radical (unpaired) electrons. The lowest BCUT2D eigenvalue weighted by molar-refractivity contribution is -0.385. The zero-order valence-electron chi connectivity index (χ0n) is 8.90. The normalized spacial score (nSPS) is 9.29. The lowest BCUT2D eigenvalue weighted by Crippen LogP contribution is -1.92. The molecule has 0 aliphatic rings. The largest absolute Gasteiger partial charge is 0.288 e. The first-order chi connectivity index (χ1) is 8.00. The Kier molecular flexibility index (Phi) is 5.19. The number of hydrogen-bond acceptors (Lipinski definition) is 4. The van der Waals surface area contributed by atoms with E-state index >= 15 is 0 Å². The van der Waals surface area contributed by atoms with Crippen LogP contribution >= 0.6 is 27.7 Å². The average Bonchev–Trinajstić information content (AvgIpc) is 2.25. The van der Waals surface area contributed by atoms with Gasteiger partial charge >= 0.3 is 0 Å². The minimum absolute atomic E-state index is 0.0235. The lowest BCUT2D eigenvalue weighted by atomic mass is 10.2. The number of nitrogens with zero attached hydrogens (tertiary/aromatic N) is 1. The number of carbonyl (C=O) groups excluding carboxylic acids is 1. The van der Waals surface area contributed by atoms with Crippen LogP contribution < -0.4 is 0 Å². The molecule has 6 heteroatoms. The van der Waals surface area contributed by atoms with Gasteiger partial charge in [0.1, 0.15) is 5.56 Å². The Bertz CT molecular complexity index is 519. The smallest absolute Gasteiger partial charge is 0.286 e. The highest BCUT2D eigenvalue weighted by Crippen LogP contribution is 2.22. The zero-order valence-corrected chi connectivity index (χ0v) is 11.3. The first-order valence-corrected chi connectivity index (χ1v) is 6.34. The van der Waals surface area contributed by atoms with Crippen molar-refractivity contribution in [2.75, 3.05) is 5.75 Å². The van der Waals surface area contributed by atoms with Crippen molar-refractivity contribution < 1.29 is 9.72 Å². The van der Waals surface area contributed by atoms with E-state index in [1.165, 1.54) is 13.0 Å². The van der Waals surface area contributed by atoms with Crippen LogP contribution in [0.1, 0.15) is 12.5 Å². The highest BCUT2D eigenvalue weighted by molar-refractivity contribution is 9.10. The maximum atomic E-state index is 10.8. The molecule has 4 nitrogen and oxygen atoms in total.